The molecule has 22 heavy (non-hydrogen) atoms. The third kappa shape index (κ3) is 3.24. The van der Waals surface area contributed by atoms with Crippen molar-refractivity contribution in [1.29, 1.82) is 0 Å². The Morgan fingerprint density at radius 2 is 1.91 bits per heavy atom. The molecule has 0 saturated heterocycles. The fourth-order valence-corrected chi connectivity index (χ4v) is 2.61. The van der Waals surface area contributed by atoms with Crippen LogP contribution in [0.3, 0.4) is 0 Å². The van der Waals surface area contributed by atoms with Gasteiger partial charge in [0.1, 0.15) is 25.0 Å². The number of hydrogen-bond acceptors (Lipinski definition) is 2. The minimum Gasteiger partial charge on any atom is -0.491 e. The summed E-state index contributed by atoms with van der Waals surface area (Å²) in [6.45, 7) is 2.70. The van der Waals surface area contributed by atoms with Crippen molar-refractivity contribution < 1.29 is 14.4 Å². The Hall–Kier alpha value is -2.04. The normalized spacial score (nSPS) is 12.5. The molecule has 0 bridgehead atoms. The molecule has 114 valence electrons. The number of aromatic nitrogens is 2. The fraction of sp³-hybridized carbons (Fsp3) is 0.235. The Balaban J connectivity index is 1.67. The lowest BCUT2D eigenvalue weighted by atomic mass is 10.3. The van der Waals surface area contributed by atoms with Gasteiger partial charge in [0.2, 0.25) is 0 Å². The lowest BCUT2D eigenvalue weighted by Gasteiger charge is -2.11. The third-order valence-electron chi connectivity index (χ3n) is 3.56. The molecule has 0 aliphatic rings. The van der Waals surface area contributed by atoms with Gasteiger partial charge < -0.3 is 9.84 Å². The van der Waals surface area contributed by atoms with Crippen LogP contribution < -0.4 is 9.30 Å². The maximum atomic E-state index is 10.2. The quantitative estimate of drug-likeness (QED) is 0.711. The van der Waals surface area contributed by atoms with Crippen LogP contribution in [-0.4, -0.2) is 22.8 Å². The van der Waals surface area contributed by atoms with E-state index >= 15 is 0 Å². The number of nitrogens with zero attached hydrogens (tertiary/aromatic N) is 1. The number of fused-ring (bicyclic) bond motifs is 1. The summed E-state index contributed by atoms with van der Waals surface area (Å²) in [7, 11) is 0. The van der Waals surface area contributed by atoms with Crippen LogP contribution in [0.2, 0.25) is 5.02 Å². The second-order valence-corrected chi connectivity index (χ2v) is 5.69. The number of hydrogen-bond donors (Lipinski definition) is 2. The van der Waals surface area contributed by atoms with Gasteiger partial charge in [-0.05, 0) is 36.4 Å². The molecule has 0 aliphatic carbocycles. The highest BCUT2D eigenvalue weighted by molar-refractivity contribution is 6.30. The van der Waals surface area contributed by atoms with Gasteiger partial charge in [-0.15, -0.1) is 0 Å². The zero-order valence-corrected chi connectivity index (χ0v) is 13.0. The number of benzene rings is 2. The number of aliphatic hydroxyl groups excluding tert-OH is 1. The maximum Gasteiger partial charge on any atom is 0.252 e. The third-order valence-corrected chi connectivity index (χ3v) is 3.82. The number of aryl methyl sites for hydroxylation is 1. The minimum atomic E-state index is -0.599. The molecule has 3 rings (SSSR count). The summed E-state index contributed by atoms with van der Waals surface area (Å²) >= 11 is 5.83. The average Bonchev–Trinajstić information content (AvgIpc) is 2.83. The van der Waals surface area contributed by atoms with Crippen molar-refractivity contribution in [3.63, 3.8) is 0 Å². The minimum absolute atomic E-state index is 0.230. The van der Waals surface area contributed by atoms with E-state index in [1.165, 1.54) is 0 Å². The summed E-state index contributed by atoms with van der Waals surface area (Å²) in [5, 5.41) is 10.9. The Bertz CT molecular complexity index is 768. The number of aromatic amines is 1. The van der Waals surface area contributed by atoms with Crippen molar-refractivity contribution >= 4 is 22.6 Å². The number of imidazole rings is 1. The number of para-hydroxylation sites is 2. The summed E-state index contributed by atoms with van der Waals surface area (Å²) in [4.78, 5) is 3.31. The Kier molecular flexibility index (Phi) is 4.32. The maximum absolute atomic E-state index is 10.2. The molecule has 0 amide bonds. The smallest absolute Gasteiger partial charge is 0.252 e. The van der Waals surface area contributed by atoms with Crippen LogP contribution in [-0.2, 0) is 6.54 Å². The molecular weight excluding hydrogens is 300 g/mol. The van der Waals surface area contributed by atoms with E-state index in [9.17, 15) is 5.11 Å². The van der Waals surface area contributed by atoms with Gasteiger partial charge in [0, 0.05) is 11.9 Å². The SMILES string of the molecule is Cc1[nH]c2ccccc2[n+]1CC(O)COc1ccc(Cl)cc1. The van der Waals surface area contributed by atoms with Crippen LogP contribution >= 0.6 is 11.6 Å². The van der Waals surface area contributed by atoms with Crippen molar-refractivity contribution in [1.82, 2.24) is 4.98 Å². The summed E-state index contributed by atoms with van der Waals surface area (Å²) in [6, 6.07) is 15.1. The van der Waals surface area contributed by atoms with E-state index in [1.807, 2.05) is 31.2 Å². The molecule has 0 spiro atoms. The first-order valence-electron chi connectivity index (χ1n) is 7.17. The predicted octanol–water partition coefficient (Wildman–Crippen LogP) is 2.86. The first-order valence-corrected chi connectivity index (χ1v) is 7.55. The second-order valence-electron chi connectivity index (χ2n) is 5.26. The van der Waals surface area contributed by atoms with Gasteiger partial charge >= 0.3 is 0 Å². The van der Waals surface area contributed by atoms with Crippen LogP contribution in [0.25, 0.3) is 11.0 Å². The van der Waals surface area contributed by atoms with E-state index in [0.29, 0.717) is 17.3 Å². The number of ether oxygens (including phenoxy) is 1. The molecule has 2 aromatic carbocycles. The molecule has 0 radical (unpaired) electrons. The Labute approximate surface area is 133 Å². The lowest BCUT2D eigenvalue weighted by Crippen LogP contribution is -2.43. The van der Waals surface area contributed by atoms with Gasteiger partial charge in [0.15, 0.2) is 11.0 Å². The number of nitrogens with one attached hydrogen (secondary N) is 1. The molecular formula is C17H18ClN2O2+. The topological polar surface area (TPSA) is 49.1 Å². The van der Waals surface area contributed by atoms with E-state index in [4.69, 9.17) is 16.3 Å². The molecule has 1 unspecified atom stereocenters. The second kappa shape index (κ2) is 6.38. The summed E-state index contributed by atoms with van der Waals surface area (Å²) in [6.07, 6.45) is -0.599. The highest BCUT2D eigenvalue weighted by Crippen LogP contribution is 2.15. The summed E-state index contributed by atoms with van der Waals surface area (Å²) < 4.78 is 7.65. The van der Waals surface area contributed by atoms with Crippen LogP contribution in [0.1, 0.15) is 5.82 Å². The van der Waals surface area contributed by atoms with Gasteiger partial charge in [0.05, 0.1) is 0 Å². The molecule has 2 N–H and O–H groups in total. The molecule has 1 aromatic heterocycles. The monoisotopic (exact) mass is 317 g/mol. The van der Waals surface area contributed by atoms with Crippen molar-refractivity contribution in [3.8, 4) is 5.75 Å². The molecule has 5 heteroatoms. The molecule has 4 nitrogen and oxygen atoms in total. The van der Waals surface area contributed by atoms with E-state index in [2.05, 4.69) is 9.55 Å². The lowest BCUT2D eigenvalue weighted by molar-refractivity contribution is -0.684. The average molecular weight is 318 g/mol. The van der Waals surface area contributed by atoms with E-state index in [-0.39, 0.29) is 6.61 Å². The first-order chi connectivity index (χ1) is 10.6. The fourth-order valence-electron chi connectivity index (χ4n) is 2.48. The molecule has 0 saturated carbocycles. The Morgan fingerprint density at radius 1 is 1.18 bits per heavy atom. The highest BCUT2D eigenvalue weighted by atomic mass is 35.5. The zero-order chi connectivity index (χ0) is 15.5. The van der Waals surface area contributed by atoms with Crippen molar-refractivity contribution in [2.24, 2.45) is 0 Å². The number of aliphatic hydroxyl groups is 1. The molecule has 3 aromatic rings. The van der Waals surface area contributed by atoms with Crippen LogP contribution in [0.5, 0.6) is 5.75 Å². The number of rotatable bonds is 5. The van der Waals surface area contributed by atoms with Crippen LogP contribution in [0, 0.1) is 6.92 Å². The van der Waals surface area contributed by atoms with E-state index in [0.717, 1.165) is 16.9 Å². The van der Waals surface area contributed by atoms with E-state index in [1.54, 1.807) is 24.3 Å². The van der Waals surface area contributed by atoms with E-state index < -0.39 is 6.10 Å². The summed E-state index contributed by atoms with van der Waals surface area (Å²) in [5.74, 6) is 1.70. The Morgan fingerprint density at radius 3 is 2.68 bits per heavy atom. The van der Waals surface area contributed by atoms with Gasteiger partial charge in [-0.1, -0.05) is 23.7 Å². The van der Waals surface area contributed by atoms with Gasteiger partial charge in [-0.3, -0.25) is 0 Å². The standard InChI is InChI=1S/C17H17ClN2O2/c1-12-19-16-4-2-3-5-17(16)20(12)10-14(21)11-22-15-8-6-13(18)7-9-15/h2-9,14,21H,10-11H2,1H3/p+1. The summed E-state index contributed by atoms with van der Waals surface area (Å²) in [5.41, 5.74) is 2.14. The van der Waals surface area contributed by atoms with Gasteiger partial charge in [-0.25, -0.2) is 9.55 Å². The number of H-pyrrole nitrogens is 1. The highest BCUT2D eigenvalue weighted by Gasteiger charge is 2.18. The molecule has 0 aliphatic heterocycles. The van der Waals surface area contributed by atoms with Crippen molar-refractivity contribution in [3.05, 3.63) is 59.4 Å². The van der Waals surface area contributed by atoms with Gasteiger partial charge in [-0.2, -0.15) is 0 Å². The van der Waals surface area contributed by atoms with Crippen LogP contribution in [0.4, 0.5) is 0 Å². The molecule has 1 heterocycles. The first kappa shape index (κ1) is 14.9. The van der Waals surface area contributed by atoms with Crippen molar-refractivity contribution in [2.75, 3.05) is 6.61 Å². The molecule has 0 fully saturated rings. The van der Waals surface area contributed by atoms with Gasteiger partial charge in [0.25, 0.3) is 5.82 Å². The zero-order valence-electron chi connectivity index (χ0n) is 12.3. The largest absolute Gasteiger partial charge is 0.491 e. The number of halogens is 1. The van der Waals surface area contributed by atoms with Crippen LogP contribution in [0.15, 0.2) is 48.5 Å². The predicted molar refractivity (Wildman–Crippen MR) is 86.2 cm³/mol. The van der Waals surface area contributed by atoms with Crippen molar-refractivity contribution in [2.45, 2.75) is 19.6 Å². The molecule has 1 atom stereocenters.